The van der Waals surface area contributed by atoms with E-state index in [-0.39, 0.29) is 18.8 Å². The van der Waals surface area contributed by atoms with Crippen LogP contribution in [0.2, 0.25) is 0 Å². The molecule has 0 spiro atoms. The van der Waals surface area contributed by atoms with Gasteiger partial charge in [-0.1, -0.05) is 6.07 Å². The number of aliphatic carboxylic acids is 1. The van der Waals surface area contributed by atoms with Gasteiger partial charge in [0.2, 0.25) is 0 Å². The maximum Gasteiger partial charge on any atom is 0.408 e. The molecule has 0 aliphatic heterocycles. The second-order valence-corrected chi connectivity index (χ2v) is 5.86. The van der Waals surface area contributed by atoms with Gasteiger partial charge in [0.25, 0.3) is 0 Å². The number of carbonyl (C=O) groups excluding carboxylic acids is 1. The van der Waals surface area contributed by atoms with E-state index < -0.39 is 23.7 Å². The first-order chi connectivity index (χ1) is 10.1. The van der Waals surface area contributed by atoms with Gasteiger partial charge in [0.05, 0.1) is 6.61 Å². The third kappa shape index (κ3) is 5.61. The van der Waals surface area contributed by atoms with Gasteiger partial charge in [-0.3, -0.25) is 0 Å². The Labute approximate surface area is 128 Å². The fourth-order valence-electron chi connectivity index (χ4n) is 1.78. The van der Waals surface area contributed by atoms with E-state index in [0.717, 1.165) is 0 Å². The first kappa shape index (κ1) is 17.8. The van der Waals surface area contributed by atoms with Crippen LogP contribution in [0, 0.1) is 0 Å². The van der Waals surface area contributed by atoms with Crippen LogP contribution in [0.4, 0.5) is 4.79 Å². The van der Waals surface area contributed by atoms with Crippen LogP contribution in [0.5, 0.6) is 5.75 Å². The maximum absolute atomic E-state index is 11.7. The lowest BCUT2D eigenvalue weighted by atomic mass is 10.0. The molecule has 0 saturated carbocycles. The summed E-state index contributed by atoms with van der Waals surface area (Å²) in [6.07, 6.45) is -0.817. The number of carbonyl (C=O) groups is 2. The summed E-state index contributed by atoms with van der Waals surface area (Å²) in [5.74, 6) is -1.28. The normalized spacial score (nSPS) is 12.5. The molecule has 0 fully saturated rings. The molecule has 122 valence electrons. The lowest BCUT2D eigenvalue weighted by molar-refractivity contribution is -0.139. The SMILES string of the molecule is CC(C)(C)OC(=O)NC(Cc1ccc(O)c(CO)c1)C(=O)O. The molecule has 0 saturated heterocycles. The van der Waals surface area contributed by atoms with Crippen molar-refractivity contribution in [3.63, 3.8) is 0 Å². The first-order valence-electron chi connectivity index (χ1n) is 6.76. The minimum Gasteiger partial charge on any atom is -0.508 e. The molecule has 0 bridgehead atoms. The van der Waals surface area contributed by atoms with Gasteiger partial charge in [0.1, 0.15) is 17.4 Å². The monoisotopic (exact) mass is 311 g/mol. The summed E-state index contributed by atoms with van der Waals surface area (Å²) < 4.78 is 5.03. The van der Waals surface area contributed by atoms with E-state index >= 15 is 0 Å². The molecule has 0 radical (unpaired) electrons. The molecule has 4 N–H and O–H groups in total. The van der Waals surface area contributed by atoms with E-state index in [1.807, 2.05) is 0 Å². The van der Waals surface area contributed by atoms with Gasteiger partial charge < -0.3 is 25.4 Å². The molecule has 7 heteroatoms. The molecule has 1 atom stereocenters. The molecule has 1 rings (SSSR count). The number of alkyl carbamates (subject to hydrolysis) is 1. The van der Waals surface area contributed by atoms with Gasteiger partial charge in [-0.05, 0) is 38.5 Å². The summed E-state index contributed by atoms with van der Waals surface area (Å²) in [7, 11) is 0. The van der Waals surface area contributed by atoms with E-state index in [2.05, 4.69) is 5.32 Å². The zero-order valence-electron chi connectivity index (χ0n) is 12.8. The lowest BCUT2D eigenvalue weighted by Crippen LogP contribution is -2.44. The number of ether oxygens (including phenoxy) is 1. The van der Waals surface area contributed by atoms with Gasteiger partial charge in [-0.15, -0.1) is 0 Å². The molecule has 0 aromatic heterocycles. The number of nitrogens with one attached hydrogen (secondary N) is 1. The molecule has 7 nitrogen and oxygen atoms in total. The second kappa shape index (κ2) is 7.13. The van der Waals surface area contributed by atoms with Crippen LogP contribution in [-0.4, -0.2) is 39.0 Å². The van der Waals surface area contributed by atoms with E-state index in [1.54, 1.807) is 20.8 Å². The van der Waals surface area contributed by atoms with Crippen LogP contribution >= 0.6 is 0 Å². The van der Waals surface area contributed by atoms with E-state index in [0.29, 0.717) is 11.1 Å². The smallest absolute Gasteiger partial charge is 0.408 e. The highest BCUT2D eigenvalue weighted by molar-refractivity contribution is 5.80. The predicted molar refractivity (Wildman–Crippen MR) is 78.5 cm³/mol. The maximum atomic E-state index is 11.7. The van der Waals surface area contributed by atoms with Crippen LogP contribution in [0.15, 0.2) is 18.2 Å². The van der Waals surface area contributed by atoms with Crippen molar-refractivity contribution in [3.05, 3.63) is 29.3 Å². The van der Waals surface area contributed by atoms with Crippen molar-refractivity contribution < 1.29 is 29.6 Å². The molecule has 1 amide bonds. The van der Waals surface area contributed by atoms with Gasteiger partial charge in [0, 0.05) is 12.0 Å². The summed E-state index contributed by atoms with van der Waals surface area (Å²) in [4.78, 5) is 22.9. The fraction of sp³-hybridized carbons (Fsp3) is 0.467. The molecule has 0 aliphatic carbocycles. The van der Waals surface area contributed by atoms with Crippen molar-refractivity contribution in [1.29, 1.82) is 0 Å². The zero-order chi connectivity index (χ0) is 16.9. The molecule has 1 aromatic carbocycles. The number of aromatic hydroxyl groups is 1. The second-order valence-electron chi connectivity index (χ2n) is 5.86. The molecular formula is C15H21NO6. The van der Waals surface area contributed by atoms with Crippen molar-refractivity contribution in [2.24, 2.45) is 0 Å². The van der Waals surface area contributed by atoms with Crippen molar-refractivity contribution in [2.75, 3.05) is 0 Å². The minimum absolute atomic E-state index is 0.00184. The van der Waals surface area contributed by atoms with Crippen molar-refractivity contribution in [3.8, 4) is 5.75 Å². The number of benzene rings is 1. The Balaban J connectivity index is 2.81. The van der Waals surface area contributed by atoms with Crippen molar-refractivity contribution in [2.45, 2.75) is 45.4 Å². The van der Waals surface area contributed by atoms with Gasteiger partial charge >= 0.3 is 12.1 Å². The Morgan fingerprint density at radius 2 is 1.95 bits per heavy atom. The third-order valence-electron chi connectivity index (χ3n) is 2.74. The van der Waals surface area contributed by atoms with Gasteiger partial charge in [0.15, 0.2) is 0 Å². The van der Waals surface area contributed by atoms with Crippen LogP contribution in [-0.2, 0) is 22.6 Å². The Kier molecular flexibility index (Phi) is 5.76. The van der Waals surface area contributed by atoms with E-state index in [9.17, 15) is 19.8 Å². The van der Waals surface area contributed by atoms with Crippen LogP contribution < -0.4 is 5.32 Å². The first-order valence-corrected chi connectivity index (χ1v) is 6.76. The van der Waals surface area contributed by atoms with Crippen molar-refractivity contribution >= 4 is 12.1 Å². The van der Waals surface area contributed by atoms with Crippen molar-refractivity contribution in [1.82, 2.24) is 5.32 Å². The quantitative estimate of drug-likeness (QED) is 0.653. The predicted octanol–water partition coefficient (Wildman–Crippen LogP) is 1.40. The average molecular weight is 311 g/mol. The number of aliphatic hydroxyl groups is 1. The summed E-state index contributed by atoms with van der Waals surface area (Å²) in [5, 5.41) is 30.1. The van der Waals surface area contributed by atoms with Crippen LogP contribution in [0.25, 0.3) is 0 Å². The number of aliphatic hydroxyl groups excluding tert-OH is 1. The summed E-state index contributed by atoms with van der Waals surface area (Å²) in [6.45, 7) is 4.67. The minimum atomic E-state index is -1.20. The molecule has 0 aliphatic rings. The summed E-state index contributed by atoms with van der Waals surface area (Å²) >= 11 is 0. The molecule has 1 unspecified atom stereocenters. The van der Waals surface area contributed by atoms with E-state index in [1.165, 1.54) is 18.2 Å². The number of hydrogen-bond donors (Lipinski definition) is 4. The summed E-state index contributed by atoms with van der Waals surface area (Å²) in [6, 6.07) is 3.21. The van der Waals surface area contributed by atoms with Gasteiger partial charge in [-0.25, -0.2) is 9.59 Å². The highest BCUT2D eigenvalue weighted by Gasteiger charge is 2.24. The molecule has 1 aromatic rings. The Hall–Kier alpha value is -2.28. The Morgan fingerprint density at radius 3 is 2.45 bits per heavy atom. The fourth-order valence-corrected chi connectivity index (χ4v) is 1.78. The number of rotatable bonds is 5. The zero-order valence-corrected chi connectivity index (χ0v) is 12.8. The molecule has 22 heavy (non-hydrogen) atoms. The number of carboxylic acids is 1. The molecule has 0 heterocycles. The topological polar surface area (TPSA) is 116 Å². The lowest BCUT2D eigenvalue weighted by Gasteiger charge is -2.22. The molecular weight excluding hydrogens is 290 g/mol. The third-order valence-corrected chi connectivity index (χ3v) is 2.74. The highest BCUT2D eigenvalue weighted by atomic mass is 16.6. The Morgan fingerprint density at radius 1 is 1.32 bits per heavy atom. The number of carboxylic acid groups (broad SMARTS) is 1. The highest BCUT2D eigenvalue weighted by Crippen LogP contribution is 2.19. The van der Waals surface area contributed by atoms with Gasteiger partial charge in [-0.2, -0.15) is 0 Å². The average Bonchev–Trinajstić information content (AvgIpc) is 2.37. The van der Waals surface area contributed by atoms with Crippen LogP contribution in [0.1, 0.15) is 31.9 Å². The summed E-state index contributed by atoms with van der Waals surface area (Å²) in [5.41, 5.74) is 0.125. The Bertz CT molecular complexity index is 549. The standard InChI is InChI=1S/C15H21NO6/c1-15(2,3)22-14(21)16-11(13(19)20)7-9-4-5-12(18)10(6-9)8-17/h4-6,11,17-18H,7-8H2,1-3H3,(H,16,21)(H,19,20). The number of phenols is 1. The number of amides is 1. The number of hydrogen-bond acceptors (Lipinski definition) is 5. The largest absolute Gasteiger partial charge is 0.508 e. The van der Waals surface area contributed by atoms with Crippen LogP contribution in [0.3, 0.4) is 0 Å². The van der Waals surface area contributed by atoms with E-state index in [4.69, 9.17) is 9.84 Å².